The minimum atomic E-state index is 0.0668. The number of aryl methyl sites for hydroxylation is 2. The van der Waals surface area contributed by atoms with E-state index in [0.29, 0.717) is 13.0 Å². The molecule has 0 spiro atoms. The Labute approximate surface area is 165 Å². The topological polar surface area (TPSA) is 46.9 Å². The number of nitrogens with one attached hydrogen (secondary N) is 1. The normalized spacial score (nSPS) is 10.8. The first-order valence-electron chi connectivity index (χ1n) is 9.11. The highest BCUT2D eigenvalue weighted by Crippen LogP contribution is 2.30. The van der Waals surface area contributed by atoms with Gasteiger partial charge in [0.05, 0.1) is 5.69 Å². The van der Waals surface area contributed by atoms with Gasteiger partial charge in [0.2, 0.25) is 5.91 Å². The minimum Gasteiger partial charge on any atom is -0.352 e. The van der Waals surface area contributed by atoms with Gasteiger partial charge in [-0.2, -0.15) is 5.10 Å². The number of nitrogens with zero attached hydrogens (tertiary/aromatic N) is 2. The number of aromatic nitrogens is 2. The van der Waals surface area contributed by atoms with Crippen molar-refractivity contribution in [2.45, 2.75) is 43.0 Å². The van der Waals surface area contributed by atoms with E-state index in [9.17, 15) is 4.79 Å². The molecule has 0 aliphatic rings. The standard InChI is InChI=1S/C22H25N3OS/c1-16-20(17(2)25(3)24-16)13-14-22(26)23-15-18-9-7-8-12-21(18)27-19-10-5-4-6-11-19/h4-12H,13-15H2,1-3H3,(H,23,26). The van der Waals surface area contributed by atoms with Crippen LogP contribution in [-0.4, -0.2) is 15.7 Å². The molecule has 3 rings (SSSR count). The van der Waals surface area contributed by atoms with Crippen molar-refractivity contribution in [2.75, 3.05) is 0 Å². The highest BCUT2D eigenvalue weighted by Gasteiger charge is 2.12. The SMILES string of the molecule is Cc1nn(C)c(C)c1CCC(=O)NCc1ccccc1Sc1ccccc1. The second kappa shape index (κ2) is 8.91. The van der Waals surface area contributed by atoms with Crippen molar-refractivity contribution in [1.82, 2.24) is 15.1 Å². The molecule has 27 heavy (non-hydrogen) atoms. The van der Waals surface area contributed by atoms with Crippen LogP contribution in [0, 0.1) is 13.8 Å². The summed E-state index contributed by atoms with van der Waals surface area (Å²) < 4.78 is 1.87. The molecule has 4 nitrogen and oxygen atoms in total. The monoisotopic (exact) mass is 379 g/mol. The van der Waals surface area contributed by atoms with Crippen LogP contribution in [0.5, 0.6) is 0 Å². The Hall–Kier alpha value is -2.53. The van der Waals surface area contributed by atoms with Crippen molar-refractivity contribution in [2.24, 2.45) is 7.05 Å². The van der Waals surface area contributed by atoms with Crippen molar-refractivity contribution in [3.05, 3.63) is 77.1 Å². The van der Waals surface area contributed by atoms with Crippen molar-refractivity contribution >= 4 is 17.7 Å². The van der Waals surface area contributed by atoms with E-state index in [-0.39, 0.29) is 5.91 Å². The molecule has 0 aliphatic carbocycles. The molecule has 0 saturated carbocycles. The molecule has 140 valence electrons. The average molecular weight is 380 g/mol. The van der Waals surface area contributed by atoms with Gasteiger partial charge in [-0.1, -0.05) is 48.2 Å². The van der Waals surface area contributed by atoms with Gasteiger partial charge in [0.1, 0.15) is 0 Å². The predicted octanol–water partition coefficient (Wildman–Crippen LogP) is 4.44. The molecular weight excluding hydrogens is 354 g/mol. The molecule has 3 aromatic rings. The Kier molecular flexibility index (Phi) is 6.35. The van der Waals surface area contributed by atoms with Gasteiger partial charge in [0, 0.05) is 35.5 Å². The number of carbonyl (C=O) groups excluding carboxylic acids is 1. The van der Waals surface area contributed by atoms with Gasteiger partial charge in [-0.3, -0.25) is 9.48 Å². The van der Waals surface area contributed by atoms with Crippen molar-refractivity contribution in [1.29, 1.82) is 0 Å². The largest absolute Gasteiger partial charge is 0.352 e. The van der Waals surface area contributed by atoms with Gasteiger partial charge in [-0.15, -0.1) is 0 Å². The lowest BCUT2D eigenvalue weighted by Crippen LogP contribution is -2.23. The Morgan fingerprint density at radius 1 is 1.07 bits per heavy atom. The first-order chi connectivity index (χ1) is 13.0. The zero-order chi connectivity index (χ0) is 19.2. The molecule has 0 fully saturated rings. The second-order valence-electron chi connectivity index (χ2n) is 6.57. The lowest BCUT2D eigenvalue weighted by molar-refractivity contribution is -0.121. The quantitative estimate of drug-likeness (QED) is 0.660. The van der Waals surface area contributed by atoms with Crippen molar-refractivity contribution in [3.63, 3.8) is 0 Å². The highest BCUT2D eigenvalue weighted by molar-refractivity contribution is 7.99. The molecule has 1 aromatic heterocycles. The van der Waals surface area contributed by atoms with Gasteiger partial charge >= 0.3 is 0 Å². The van der Waals surface area contributed by atoms with Crippen molar-refractivity contribution < 1.29 is 4.79 Å². The summed E-state index contributed by atoms with van der Waals surface area (Å²) in [5, 5.41) is 7.48. The summed E-state index contributed by atoms with van der Waals surface area (Å²) in [5.74, 6) is 0.0668. The fourth-order valence-electron chi connectivity index (χ4n) is 3.06. The van der Waals surface area contributed by atoms with E-state index in [4.69, 9.17) is 0 Å². The lowest BCUT2D eigenvalue weighted by Gasteiger charge is -2.11. The zero-order valence-corrected chi connectivity index (χ0v) is 16.8. The van der Waals surface area contributed by atoms with Gasteiger partial charge in [0.25, 0.3) is 0 Å². The molecule has 0 unspecified atom stereocenters. The molecule has 2 aromatic carbocycles. The summed E-state index contributed by atoms with van der Waals surface area (Å²) in [6.07, 6.45) is 1.19. The van der Waals surface area contributed by atoms with Crippen LogP contribution < -0.4 is 5.32 Å². The van der Waals surface area contributed by atoms with Crippen LogP contribution in [0.2, 0.25) is 0 Å². The summed E-state index contributed by atoms with van der Waals surface area (Å²) >= 11 is 1.72. The molecular formula is C22H25N3OS. The van der Waals surface area contributed by atoms with Crippen LogP contribution in [0.4, 0.5) is 0 Å². The third-order valence-corrected chi connectivity index (χ3v) is 5.81. The summed E-state index contributed by atoms with van der Waals surface area (Å²) in [5.41, 5.74) is 4.44. The van der Waals surface area contributed by atoms with E-state index >= 15 is 0 Å². The summed E-state index contributed by atoms with van der Waals surface area (Å²) in [4.78, 5) is 14.7. The average Bonchev–Trinajstić information content (AvgIpc) is 2.92. The van der Waals surface area contributed by atoms with Crippen LogP contribution in [-0.2, 0) is 24.8 Å². The molecule has 0 bridgehead atoms. The van der Waals surface area contributed by atoms with Crippen molar-refractivity contribution in [3.8, 4) is 0 Å². The minimum absolute atomic E-state index is 0.0668. The molecule has 1 amide bonds. The van der Waals surface area contributed by atoms with E-state index < -0.39 is 0 Å². The molecule has 0 aliphatic heterocycles. The second-order valence-corrected chi connectivity index (χ2v) is 7.69. The molecule has 0 atom stereocenters. The first-order valence-corrected chi connectivity index (χ1v) is 9.93. The molecule has 1 N–H and O–H groups in total. The van der Waals surface area contributed by atoms with E-state index in [0.717, 1.165) is 23.4 Å². The van der Waals surface area contributed by atoms with E-state index in [2.05, 4.69) is 34.7 Å². The van der Waals surface area contributed by atoms with E-state index in [1.807, 2.05) is 55.9 Å². The van der Waals surface area contributed by atoms with Crippen LogP contribution in [0.15, 0.2) is 64.4 Å². The molecule has 0 saturated heterocycles. The summed E-state index contributed by atoms with van der Waals surface area (Å²) in [6.45, 7) is 4.58. The number of amides is 1. The number of benzene rings is 2. The Morgan fingerprint density at radius 3 is 2.48 bits per heavy atom. The maximum absolute atomic E-state index is 12.3. The molecule has 1 heterocycles. The lowest BCUT2D eigenvalue weighted by atomic mass is 10.1. The predicted molar refractivity (Wildman–Crippen MR) is 110 cm³/mol. The van der Waals surface area contributed by atoms with Crippen LogP contribution in [0.1, 0.15) is 28.9 Å². The highest BCUT2D eigenvalue weighted by atomic mass is 32.2. The Balaban J connectivity index is 1.57. The third-order valence-electron chi connectivity index (χ3n) is 4.68. The van der Waals surface area contributed by atoms with Gasteiger partial charge in [0.15, 0.2) is 0 Å². The van der Waals surface area contributed by atoms with E-state index in [1.165, 1.54) is 15.4 Å². The molecule has 0 radical (unpaired) electrons. The number of hydrogen-bond donors (Lipinski definition) is 1. The van der Waals surface area contributed by atoms with E-state index in [1.54, 1.807) is 11.8 Å². The van der Waals surface area contributed by atoms with Crippen LogP contribution in [0.3, 0.4) is 0 Å². The number of hydrogen-bond acceptors (Lipinski definition) is 3. The van der Waals surface area contributed by atoms with Crippen LogP contribution >= 0.6 is 11.8 Å². The first kappa shape index (κ1) is 19.2. The number of rotatable bonds is 7. The van der Waals surface area contributed by atoms with Gasteiger partial charge in [-0.05, 0) is 49.6 Å². The van der Waals surface area contributed by atoms with Crippen LogP contribution in [0.25, 0.3) is 0 Å². The fourth-order valence-corrected chi connectivity index (χ4v) is 4.03. The smallest absolute Gasteiger partial charge is 0.220 e. The Morgan fingerprint density at radius 2 is 1.78 bits per heavy atom. The fraction of sp³-hybridized carbons (Fsp3) is 0.273. The van der Waals surface area contributed by atoms with Gasteiger partial charge < -0.3 is 5.32 Å². The maximum Gasteiger partial charge on any atom is 0.220 e. The summed E-state index contributed by atoms with van der Waals surface area (Å²) in [7, 11) is 1.94. The molecule has 5 heteroatoms. The summed E-state index contributed by atoms with van der Waals surface area (Å²) in [6, 6.07) is 18.5. The number of carbonyl (C=O) groups is 1. The maximum atomic E-state index is 12.3. The zero-order valence-electron chi connectivity index (χ0n) is 16.0. The Bertz CT molecular complexity index is 919. The van der Waals surface area contributed by atoms with Gasteiger partial charge in [-0.25, -0.2) is 0 Å². The third kappa shape index (κ3) is 5.01.